The van der Waals surface area contributed by atoms with Crippen LogP contribution in [-0.2, 0) is 7.05 Å². The van der Waals surface area contributed by atoms with Gasteiger partial charge in [-0.05, 0) is 31.2 Å². The second kappa shape index (κ2) is 7.11. The van der Waals surface area contributed by atoms with Crippen LogP contribution in [0.1, 0.15) is 15.9 Å². The Kier molecular flexibility index (Phi) is 4.57. The molecule has 30 heavy (non-hydrogen) atoms. The number of carbonyl (C=O) groups is 1. The van der Waals surface area contributed by atoms with Crippen LogP contribution in [0.5, 0.6) is 0 Å². The first kappa shape index (κ1) is 19.3. The number of hydrogen-bond donors (Lipinski definition) is 2. The molecule has 9 heteroatoms. The standard InChI is InChI=1S/C21H16F2N4O3/c1-11-3-6-13(7-4-11)27-20(29)18-17(25-21(27)30)14(10-26(18)2)19(28)24-16-9-12(22)5-8-15(16)23/h3-10H,1-2H3,(H,24,28)(H,25,30). The maximum absolute atomic E-state index is 13.9. The van der Waals surface area contributed by atoms with Crippen LogP contribution in [0, 0.1) is 18.6 Å². The fourth-order valence-electron chi connectivity index (χ4n) is 3.26. The second-order valence-corrected chi connectivity index (χ2v) is 6.86. The van der Waals surface area contributed by atoms with Crippen molar-refractivity contribution in [2.45, 2.75) is 6.92 Å². The van der Waals surface area contributed by atoms with Crippen LogP contribution in [0.3, 0.4) is 0 Å². The molecule has 2 heterocycles. The van der Waals surface area contributed by atoms with Crippen LogP contribution in [-0.4, -0.2) is 20.0 Å². The maximum atomic E-state index is 13.9. The number of carbonyl (C=O) groups excluding carboxylic acids is 1. The van der Waals surface area contributed by atoms with Crippen LogP contribution in [0.25, 0.3) is 16.7 Å². The van der Waals surface area contributed by atoms with E-state index in [2.05, 4.69) is 10.3 Å². The van der Waals surface area contributed by atoms with Crippen molar-refractivity contribution in [3.05, 3.63) is 92.3 Å². The average Bonchev–Trinajstić information content (AvgIpc) is 3.02. The molecule has 0 aliphatic rings. The van der Waals surface area contributed by atoms with Gasteiger partial charge in [-0.15, -0.1) is 0 Å². The van der Waals surface area contributed by atoms with E-state index in [-0.39, 0.29) is 22.3 Å². The summed E-state index contributed by atoms with van der Waals surface area (Å²) in [5.74, 6) is -2.34. The number of H-pyrrole nitrogens is 1. The van der Waals surface area contributed by atoms with Crippen LogP contribution in [0.2, 0.25) is 0 Å². The number of aromatic nitrogens is 3. The molecule has 7 nitrogen and oxygen atoms in total. The number of nitrogens with zero attached hydrogens (tertiary/aromatic N) is 2. The zero-order chi connectivity index (χ0) is 21.6. The van der Waals surface area contributed by atoms with Crippen LogP contribution < -0.4 is 16.6 Å². The molecule has 152 valence electrons. The van der Waals surface area contributed by atoms with E-state index in [1.54, 1.807) is 31.3 Å². The van der Waals surface area contributed by atoms with E-state index >= 15 is 0 Å². The third-order valence-electron chi connectivity index (χ3n) is 4.74. The van der Waals surface area contributed by atoms with Crippen molar-refractivity contribution in [2.24, 2.45) is 7.05 Å². The van der Waals surface area contributed by atoms with Crippen molar-refractivity contribution < 1.29 is 13.6 Å². The van der Waals surface area contributed by atoms with Crippen LogP contribution in [0.15, 0.2) is 58.3 Å². The molecular weight excluding hydrogens is 394 g/mol. The minimum absolute atomic E-state index is 0.00479. The van der Waals surface area contributed by atoms with Crippen molar-refractivity contribution >= 4 is 22.6 Å². The zero-order valence-corrected chi connectivity index (χ0v) is 16.0. The number of amides is 1. The van der Waals surface area contributed by atoms with E-state index in [0.717, 1.165) is 28.3 Å². The first-order valence-electron chi connectivity index (χ1n) is 8.94. The van der Waals surface area contributed by atoms with Crippen molar-refractivity contribution in [3.8, 4) is 5.69 Å². The monoisotopic (exact) mass is 410 g/mol. The number of aryl methyl sites for hydroxylation is 2. The molecule has 0 aliphatic carbocycles. The summed E-state index contributed by atoms with van der Waals surface area (Å²) >= 11 is 0. The Hall–Kier alpha value is -4.01. The summed E-state index contributed by atoms with van der Waals surface area (Å²) in [6, 6.07) is 9.46. The normalized spacial score (nSPS) is 11.1. The number of anilines is 1. The molecule has 4 aromatic rings. The minimum atomic E-state index is -0.819. The van der Waals surface area contributed by atoms with E-state index in [9.17, 15) is 23.2 Å². The van der Waals surface area contributed by atoms with E-state index < -0.39 is 28.8 Å². The van der Waals surface area contributed by atoms with Gasteiger partial charge in [0.05, 0.1) is 22.5 Å². The number of fused-ring (bicyclic) bond motifs is 1. The highest BCUT2D eigenvalue weighted by molar-refractivity contribution is 6.11. The van der Waals surface area contributed by atoms with Crippen molar-refractivity contribution in [1.29, 1.82) is 0 Å². The number of halogens is 2. The summed E-state index contributed by atoms with van der Waals surface area (Å²) in [6.45, 7) is 1.88. The smallest absolute Gasteiger partial charge is 0.333 e. The van der Waals surface area contributed by atoms with E-state index in [0.29, 0.717) is 5.69 Å². The van der Waals surface area contributed by atoms with Gasteiger partial charge in [-0.1, -0.05) is 17.7 Å². The lowest BCUT2D eigenvalue weighted by Crippen LogP contribution is -2.34. The molecule has 0 bridgehead atoms. The molecular formula is C21H16F2N4O3. The lowest BCUT2D eigenvalue weighted by Gasteiger charge is -2.07. The number of rotatable bonds is 3. The van der Waals surface area contributed by atoms with Gasteiger partial charge in [-0.2, -0.15) is 0 Å². The molecule has 0 unspecified atom stereocenters. The summed E-state index contributed by atoms with van der Waals surface area (Å²) in [7, 11) is 1.54. The largest absolute Gasteiger partial charge is 0.344 e. The SMILES string of the molecule is Cc1ccc(-n2c(=O)[nH]c3c(C(=O)Nc4cc(F)ccc4F)cn(C)c3c2=O)cc1. The highest BCUT2D eigenvalue weighted by Gasteiger charge is 2.21. The van der Waals surface area contributed by atoms with Gasteiger partial charge in [-0.25, -0.2) is 18.1 Å². The molecule has 0 aliphatic heterocycles. The van der Waals surface area contributed by atoms with Crippen molar-refractivity contribution in [3.63, 3.8) is 0 Å². The highest BCUT2D eigenvalue weighted by atomic mass is 19.1. The summed E-state index contributed by atoms with van der Waals surface area (Å²) in [5.41, 5.74) is -0.321. The van der Waals surface area contributed by atoms with Gasteiger partial charge in [-0.3, -0.25) is 9.59 Å². The van der Waals surface area contributed by atoms with E-state index in [1.165, 1.54) is 10.8 Å². The van der Waals surface area contributed by atoms with Gasteiger partial charge in [0.2, 0.25) is 0 Å². The van der Waals surface area contributed by atoms with Gasteiger partial charge in [0, 0.05) is 19.3 Å². The topological polar surface area (TPSA) is 88.9 Å². The number of aromatic amines is 1. The molecule has 1 amide bonds. The first-order valence-corrected chi connectivity index (χ1v) is 8.94. The van der Waals surface area contributed by atoms with Gasteiger partial charge in [0.1, 0.15) is 17.2 Å². The minimum Gasteiger partial charge on any atom is -0.344 e. The molecule has 4 rings (SSSR count). The molecule has 0 atom stereocenters. The zero-order valence-electron chi connectivity index (χ0n) is 16.0. The average molecular weight is 410 g/mol. The third kappa shape index (κ3) is 3.20. The molecule has 0 fully saturated rings. The van der Waals surface area contributed by atoms with Gasteiger partial charge < -0.3 is 14.9 Å². The predicted molar refractivity (Wildman–Crippen MR) is 108 cm³/mol. The molecule has 0 saturated carbocycles. The highest BCUT2D eigenvalue weighted by Crippen LogP contribution is 2.20. The summed E-state index contributed by atoms with van der Waals surface area (Å²) in [5, 5.41) is 2.27. The Bertz CT molecular complexity index is 1420. The van der Waals surface area contributed by atoms with Gasteiger partial charge >= 0.3 is 5.69 Å². The first-order chi connectivity index (χ1) is 14.3. The Morgan fingerprint density at radius 3 is 2.47 bits per heavy atom. The Morgan fingerprint density at radius 2 is 1.77 bits per heavy atom. The molecule has 0 saturated heterocycles. The Morgan fingerprint density at radius 1 is 1.07 bits per heavy atom. The number of nitrogens with one attached hydrogen (secondary N) is 2. The lowest BCUT2D eigenvalue weighted by molar-refractivity contribution is 0.102. The lowest BCUT2D eigenvalue weighted by atomic mass is 10.2. The summed E-state index contributed by atoms with van der Waals surface area (Å²) < 4.78 is 29.6. The Balaban J connectivity index is 1.85. The molecule has 2 aromatic carbocycles. The summed E-state index contributed by atoms with van der Waals surface area (Å²) in [4.78, 5) is 40.9. The fourth-order valence-corrected chi connectivity index (χ4v) is 3.26. The predicted octanol–water partition coefficient (Wildman–Crippen LogP) is 2.86. The Labute approximate surface area is 168 Å². The third-order valence-corrected chi connectivity index (χ3v) is 4.74. The van der Waals surface area contributed by atoms with Gasteiger partial charge in [0.15, 0.2) is 0 Å². The molecule has 2 aromatic heterocycles. The second-order valence-electron chi connectivity index (χ2n) is 6.86. The quantitative estimate of drug-likeness (QED) is 0.544. The van der Waals surface area contributed by atoms with Gasteiger partial charge in [0.25, 0.3) is 11.5 Å². The van der Waals surface area contributed by atoms with Crippen LogP contribution in [0.4, 0.5) is 14.5 Å². The van der Waals surface area contributed by atoms with E-state index in [4.69, 9.17) is 0 Å². The van der Waals surface area contributed by atoms with E-state index in [1.807, 2.05) is 6.92 Å². The summed E-state index contributed by atoms with van der Waals surface area (Å²) in [6.07, 6.45) is 1.34. The molecule has 2 N–H and O–H groups in total. The fraction of sp³-hybridized carbons (Fsp3) is 0.0952. The number of benzene rings is 2. The molecule has 0 radical (unpaired) electrons. The van der Waals surface area contributed by atoms with Crippen LogP contribution >= 0.6 is 0 Å². The van der Waals surface area contributed by atoms with Crippen molar-refractivity contribution in [2.75, 3.05) is 5.32 Å². The number of hydrogen-bond acceptors (Lipinski definition) is 3. The molecule has 0 spiro atoms. The van der Waals surface area contributed by atoms with Crippen molar-refractivity contribution in [1.82, 2.24) is 14.1 Å². The maximum Gasteiger partial charge on any atom is 0.333 e.